The van der Waals surface area contributed by atoms with E-state index in [2.05, 4.69) is 20.7 Å². The Labute approximate surface area is 97.0 Å². The van der Waals surface area contributed by atoms with Gasteiger partial charge in [-0.3, -0.25) is 20.9 Å². The second-order valence-electron chi connectivity index (χ2n) is 3.31. The number of aromatic nitrogens is 2. The number of oxazole rings is 1. The highest BCUT2D eigenvalue weighted by Crippen LogP contribution is 2.14. The average molecular weight is 233 g/mol. The minimum atomic E-state index is -0.395. The first-order valence-corrected chi connectivity index (χ1v) is 4.85. The number of rotatable bonds is 3. The zero-order valence-corrected chi connectivity index (χ0v) is 9.10. The van der Waals surface area contributed by atoms with E-state index >= 15 is 0 Å². The Morgan fingerprint density at radius 3 is 3.00 bits per heavy atom. The number of aryl methyl sites for hydroxylation is 1. The SMILES string of the molecule is Cc1coc(NC(=O)c2cnccc2NN)n1. The van der Waals surface area contributed by atoms with Crippen molar-refractivity contribution in [2.45, 2.75) is 6.92 Å². The molecule has 0 aliphatic heterocycles. The highest BCUT2D eigenvalue weighted by Gasteiger charge is 2.13. The molecule has 0 atom stereocenters. The number of hydrogen-bond acceptors (Lipinski definition) is 6. The summed E-state index contributed by atoms with van der Waals surface area (Å²) in [7, 11) is 0. The van der Waals surface area contributed by atoms with E-state index in [-0.39, 0.29) is 6.01 Å². The Bertz CT molecular complexity index is 537. The van der Waals surface area contributed by atoms with Crippen LogP contribution in [0.5, 0.6) is 0 Å². The molecule has 2 aromatic heterocycles. The standard InChI is InChI=1S/C10H11N5O2/c1-6-5-17-10(13-6)14-9(16)7-4-12-3-2-8(7)15-11/h2-5H,11H2,1H3,(H,12,15)(H,13,14,16). The van der Waals surface area contributed by atoms with Crippen LogP contribution < -0.4 is 16.6 Å². The number of nitrogen functional groups attached to an aromatic ring is 1. The summed E-state index contributed by atoms with van der Waals surface area (Å²) < 4.78 is 5.01. The van der Waals surface area contributed by atoms with Gasteiger partial charge in [-0.1, -0.05) is 0 Å². The third-order valence-corrected chi connectivity index (χ3v) is 2.06. The lowest BCUT2D eigenvalue weighted by atomic mass is 10.2. The molecule has 0 fully saturated rings. The molecule has 0 spiro atoms. The molecule has 2 rings (SSSR count). The minimum absolute atomic E-state index is 0.138. The van der Waals surface area contributed by atoms with Gasteiger partial charge < -0.3 is 9.84 Å². The molecule has 0 aliphatic rings. The normalized spacial score (nSPS) is 10.0. The van der Waals surface area contributed by atoms with E-state index in [9.17, 15) is 4.79 Å². The van der Waals surface area contributed by atoms with Crippen molar-refractivity contribution in [1.82, 2.24) is 9.97 Å². The number of pyridine rings is 1. The predicted octanol–water partition coefficient (Wildman–Crippen LogP) is 0.916. The molecular formula is C10H11N5O2. The molecule has 0 radical (unpaired) electrons. The van der Waals surface area contributed by atoms with Gasteiger partial charge in [-0.2, -0.15) is 4.98 Å². The highest BCUT2D eigenvalue weighted by atomic mass is 16.4. The monoisotopic (exact) mass is 233 g/mol. The van der Waals surface area contributed by atoms with Gasteiger partial charge in [-0.15, -0.1) is 0 Å². The highest BCUT2D eigenvalue weighted by molar-refractivity contribution is 6.06. The van der Waals surface area contributed by atoms with Gasteiger partial charge in [-0.05, 0) is 13.0 Å². The molecule has 0 aliphatic carbocycles. The van der Waals surface area contributed by atoms with Crippen LogP contribution in [0.2, 0.25) is 0 Å². The first kappa shape index (κ1) is 11.1. The summed E-state index contributed by atoms with van der Waals surface area (Å²) in [6.45, 7) is 1.76. The van der Waals surface area contributed by atoms with Gasteiger partial charge in [0.25, 0.3) is 5.91 Å². The number of nitrogens with zero attached hydrogens (tertiary/aromatic N) is 2. The van der Waals surface area contributed by atoms with Crippen LogP contribution in [0.25, 0.3) is 0 Å². The van der Waals surface area contributed by atoms with E-state index < -0.39 is 5.91 Å². The average Bonchev–Trinajstić information content (AvgIpc) is 2.74. The molecular weight excluding hydrogens is 222 g/mol. The van der Waals surface area contributed by atoms with Crippen molar-refractivity contribution in [3.8, 4) is 0 Å². The Morgan fingerprint density at radius 1 is 1.53 bits per heavy atom. The van der Waals surface area contributed by atoms with Crippen LogP contribution in [0.1, 0.15) is 16.1 Å². The maximum Gasteiger partial charge on any atom is 0.301 e. The van der Waals surface area contributed by atoms with E-state index in [1.807, 2.05) is 0 Å². The maximum atomic E-state index is 11.9. The fourth-order valence-electron chi connectivity index (χ4n) is 1.28. The van der Waals surface area contributed by atoms with Gasteiger partial charge in [-0.25, -0.2) is 0 Å². The quantitative estimate of drug-likeness (QED) is 0.537. The second kappa shape index (κ2) is 4.62. The molecule has 0 saturated carbocycles. The number of amides is 1. The van der Waals surface area contributed by atoms with Gasteiger partial charge in [0.15, 0.2) is 0 Å². The lowest BCUT2D eigenvalue weighted by Gasteiger charge is -2.06. The molecule has 4 N–H and O–H groups in total. The lowest BCUT2D eigenvalue weighted by Crippen LogP contribution is -2.17. The van der Waals surface area contributed by atoms with Crippen LogP contribution in [0.15, 0.2) is 29.1 Å². The smallest absolute Gasteiger partial charge is 0.301 e. The number of carbonyl (C=O) groups excluding carboxylic acids is 1. The third kappa shape index (κ3) is 2.40. The minimum Gasteiger partial charge on any atom is -0.432 e. The Hall–Kier alpha value is -2.41. The zero-order chi connectivity index (χ0) is 12.3. The predicted molar refractivity (Wildman–Crippen MR) is 61.2 cm³/mol. The van der Waals surface area contributed by atoms with Crippen LogP contribution in [-0.4, -0.2) is 15.9 Å². The number of hydrazine groups is 1. The van der Waals surface area contributed by atoms with Gasteiger partial charge >= 0.3 is 6.01 Å². The molecule has 88 valence electrons. The summed E-state index contributed by atoms with van der Waals surface area (Å²) in [5.41, 5.74) is 3.88. The number of carbonyl (C=O) groups is 1. The fourth-order valence-corrected chi connectivity index (χ4v) is 1.28. The van der Waals surface area contributed by atoms with Crippen molar-refractivity contribution < 1.29 is 9.21 Å². The van der Waals surface area contributed by atoms with Crippen LogP contribution in [0, 0.1) is 6.92 Å². The lowest BCUT2D eigenvalue weighted by molar-refractivity contribution is 0.102. The summed E-state index contributed by atoms with van der Waals surface area (Å²) in [6, 6.07) is 1.73. The van der Waals surface area contributed by atoms with Crippen LogP contribution >= 0.6 is 0 Å². The molecule has 0 bridgehead atoms. The number of hydrogen-bond donors (Lipinski definition) is 3. The summed E-state index contributed by atoms with van der Waals surface area (Å²) in [4.78, 5) is 19.7. The Kier molecular flexibility index (Phi) is 3.01. The van der Waals surface area contributed by atoms with Gasteiger partial charge in [0.1, 0.15) is 6.26 Å². The Morgan fingerprint density at radius 2 is 2.35 bits per heavy atom. The third-order valence-electron chi connectivity index (χ3n) is 2.06. The van der Waals surface area contributed by atoms with E-state index in [0.29, 0.717) is 16.9 Å². The summed E-state index contributed by atoms with van der Waals surface area (Å²) >= 11 is 0. The molecule has 7 nitrogen and oxygen atoms in total. The van der Waals surface area contributed by atoms with Gasteiger partial charge in [0, 0.05) is 12.4 Å². The van der Waals surface area contributed by atoms with Crippen LogP contribution in [0.4, 0.5) is 11.7 Å². The number of anilines is 2. The van der Waals surface area contributed by atoms with Crippen molar-refractivity contribution in [3.63, 3.8) is 0 Å². The largest absolute Gasteiger partial charge is 0.432 e. The van der Waals surface area contributed by atoms with Crippen molar-refractivity contribution in [2.24, 2.45) is 5.84 Å². The van der Waals surface area contributed by atoms with Crippen molar-refractivity contribution >= 4 is 17.6 Å². The van der Waals surface area contributed by atoms with Crippen LogP contribution in [-0.2, 0) is 0 Å². The molecule has 7 heteroatoms. The van der Waals surface area contributed by atoms with Crippen LogP contribution in [0.3, 0.4) is 0 Å². The van der Waals surface area contributed by atoms with Crippen molar-refractivity contribution in [2.75, 3.05) is 10.7 Å². The van der Waals surface area contributed by atoms with Gasteiger partial charge in [0.05, 0.1) is 16.9 Å². The molecule has 0 aromatic carbocycles. The van der Waals surface area contributed by atoms with Crippen molar-refractivity contribution in [1.29, 1.82) is 0 Å². The van der Waals surface area contributed by atoms with Gasteiger partial charge in [0.2, 0.25) is 0 Å². The fraction of sp³-hybridized carbons (Fsp3) is 0.100. The molecule has 2 aromatic rings. The summed E-state index contributed by atoms with van der Waals surface area (Å²) in [5.74, 6) is 4.89. The molecule has 2 heterocycles. The number of nitrogens with one attached hydrogen (secondary N) is 2. The first-order chi connectivity index (χ1) is 8.20. The molecule has 17 heavy (non-hydrogen) atoms. The van der Waals surface area contributed by atoms with E-state index in [1.165, 1.54) is 18.7 Å². The van der Waals surface area contributed by atoms with Crippen molar-refractivity contribution in [3.05, 3.63) is 36.0 Å². The number of nitrogens with two attached hydrogens (primary N) is 1. The molecule has 1 amide bonds. The molecule has 0 unspecified atom stereocenters. The van der Waals surface area contributed by atoms with E-state index in [0.717, 1.165) is 0 Å². The first-order valence-electron chi connectivity index (χ1n) is 4.85. The summed E-state index contributed by atoms with van der Waals surface area (Å²) in [5, 5.41) is 2.50. The van der Waals surface area contributed by atoms with E-state index in [4.69, 9.17) is 10.3 Å². The maximum absolute atomic E-state index is 11.9. The molecule has 0 saturated heterocycles. The zero-order valence-electron chi connectivity index (χ0n) is 9.10. The second-order valence-corrected chi connectivity index (χ2v) is 3.31. The Balaban J connectivity index is 2.20. The topological polar surface area (TPSA) is 106 Å². The summed E-state index contributed by atoms with van der Waals surface area (Å²) in [6.07, 6.45) is 4.38. The van der Waals surface area contributed by atoms with E-state index in [1.54, 1.807) is 13.0 Å².